The molecular weight excluding hydrogens is 252 g/mol. The molecule has 20 heavy (non-hydrogen) atoms. The molecule has 108 valence electrons. The lowest BCUT2D eigenvalue weighted by atomic mass is 10.0. The van der Waals surface area contributed by atoms with Gasteiger partial charge in [0, 0.05) is 12.0 Å². The molecule has 1 aliphatic carbocycles. The van der Waals surface area contributed by atoms with Gasteiger partial charge in [0.25, 0.3) is 0 Å². The van der Waals surface area contributed by atoms with Crippen LogP contribution in [0.3, 0.4) is 0 Å². The molecule has 1 aromatic rings. The fourth-order valence-electron chi connectivity index (χ4n) is 2.65. The summed E-state index contributed by atoms with van der Waals surface area (Å²) in [5.74, 6) is 0.0844. The van der Waals surface area contributed by atoms with Gasteiger partial charge in [-0.1, -0.05) is 25.0 Å². The van der Waals surface area contributed by atoms with Crippen LogP contribution in [-0.4, -0.2) is 18.4 Å². The van der Waals surface area contributed by atoms with Crippen molar-refractivity contribution in [3.63, 3.8) is 0 Å². The van der Waals surface area contributed by atoms with E-state index in [4.69, 9.17) is 4.74 Å². The van der Waals surface area contributed by atoms with Gasteiger partial charge >= 0.3 is 5.97 Å². The molecule has 3 heteroatoms. The number of hydrogen-bond acceptors (Lipinski definition) is 3. The van der Waals surface area contributed by atoms with Gasteiger partial charge in [-0.2, -0.15) is 0 Å². The minimum Gasteiger partial charge on any atom is -0.457 e. The Morgan fingerprint density at radius 1 is 1.15 bits per heavy atom. The number of ketones is 1. The van der Waals surface area contributed by atoms with E-state index in [1.165, 1.54) is 12.8 Å². The van der Waals surface area contributed by atoms with Gasteiger partial charge in [0.05, 0.1) is 0 Å². The summed E-state index contributed by atoms with van der Waals surface area (Å²) in [4.78, 5) is 23.7. The standard InChI is InChI=1S/C17H22O3/c1-12-7-8-15(9-13(12)2)16(18)11-20-17(19)10-14-5-3-4-6-14/h7-9,14H,3-6,10-11H2,1-2H3. The van der Waals surface area contributed by atoms with Crippen molar-refractivity contribution in [2.24, 2.45) is 5.92 Å². The third-order valence-corrected chi connectivity index (χ3v) is 4.12. The second-order valence-corrected chi connectivity index (χ2v) is 5.74. The van der Waals surface area contributed by atoms with E-state index >= 15 is 0 Å². The summed E-state index contributed by atoms with van der Waals surface area (Å²) in [5, 5.41) is 0. The number of benzene rings is 1. The molecule has 1 saturated carbocycles. The molecule has 0 radical (unpaired) electrons. The van der Waals surface area contributed by atoms with Crippen molar-refractivity contribution in [2.45, 2.75) is 46.0 Å². The summed E-state index contributed by atoms with van der Waals surface area (Å²) in [5.41, 5.74) is 2.84. The van der Waals surface area contributed by atoms with E-state index in [0.29, 0.717) is 17.9 Å². The Labute approximate surface area is 120 Å². The highest BCUT2D eigenvalue weighted by Gasteiger charge is 2.20. The van der Waals surface area contributed by atoms with Crippen molar-refractivity contribution in [3.8, 4) is 0 Å². The molecule has 0 heterocycles. The van der Waals surface area contributed by atoms with E-state index < -0.39 is 0 Å². The van der Waals surface area contributed by atoms with Crippen LogP contribution in [0.5, 0.6) is 0 Å². The van der Waals surface area contributed by atoms with Crippen LogP contribution >= 0.6 is 0 Å². The average Bonchev–Trinajstić information content (AvgIpc) is 2.92. The van der Waals surface area contributed by atoms with Gasteiger partial charge in [-0.25, -0.2) is 0 Å². The number of carbonyl (C=O) groups is 2. The van der Waals surface area contributed by atoms with Gasteiger partial charge in [-0.05, 0) is 49.8 Å². The number of rotatable bonds is 5. The molecule has 1 aliphatic rings. The SMILES string of the molecule is Cc1ccc(C(=O)COC(=O)CC2CCCC2)cc1C. The number of hydrogen-bond donors (Lipinski definition) is 0. The Bertz CT molecular complexity index is 499. The number of carbonyl (C=O) groups excluding carboxylic acids is 2. The first-order valence-electron chi connectivity index (χ1n) is 7.32. The molecule has 1 fully saturated rings. The molecule has 0 aliphatic heterocycles. The fraction of sp³-hybridized carbons (Fsp3) is 0.529. The Morgan fingerprint density at radius 2 is 1.85 bits per heavy atom. The lowest BCUT2D eigenvalue weighted by molar-refractivity contribution is -0.143. The van der Waals surface area contributed by atoms with Crippen LogP contribution in [0, 0.1) is 19.8 Å². The third kappa shape index (κ3) is 3.92. The van der Waals surface area contributed by atoms with Gasteiger partial charge in [0.2, 0.25) is 0 Å². The Balaban J connectivity index is 1.81. The Kier molecular flexibility index (Phi) is 4.94. The molecule has 0 spiro atoms. The van der Waals surface area contributed by atoms with Gasteiger partial charge < -0.3 is 4.74 Å². The maximum atomic E-state index is 12.0. The topological polar surface area (TPSA) is 43.4 Å². The first-order chi connectivity index (χ1) is 9.56. The van der Waals surface area contributed by atoms with Gasteiger partial charge in [-0.3, -0.25) is 9.59 Å². The molecule has 0 saturated heterocycles. The summed E-state index contributed by atoms with van der Waals surface area (Å²) in [7, 11) is 0. The lowest BCUT2D eigenvalue weighted by Crippen LogP contribution is -2.16. The zero-order valence-corrected chi connectivity index (χ0v) is 12.3. The zero-order chi connectivity index (χ0) is 14.5. The van der Waals surface area contributed by atoms with E-state index in [1.807, 2.05) is 26.0 Å². The van der Waals surface area contributed by atoms with Crippen LogP contribution in [-0.2, 0) is 9.53 Å². The molecule has 0 amide bonds. The first kappa shape index (κ1) is 14.8. The maximum Gasteiger partial charge on any atom is 0.306 e. The van der Waals surface area contributed by atoms with Crippen molar-refractivity contribution < 1.29 is 14.3 Å². The summed E-state index contributed by atoms with van der Waals surface area (Å²) >= 11 is 0. The largest absolute Gasteiger partial charge is 0.457 e. The second kappa shape index (κ2) is 6.69. The summed E-state index contributed by atoms with van der Waals surface area (Å²) in [6.07, 6.45) is 5.10. The monoisotopic (exact) mass is 274 g/mol. The number of esters is 1. The highest BCUT2D eigenvalue weighted by Crippen LogP contribution is 2.27. The Morgan fingerprint density at radius 3 is 2.50 bits per heavy atom. The van der Waals surface area contributed by atoms with Crippen LogP contribution in [0.2, 0.25) is 0 Å². The quantitative estimate of drug-likeness (QED) is 0.608. The van der Waals surface area contributed by atoms with Crippen LogP contribution in [0.15, 0.2) is 18.2 Å². The maximum absolute atomic E-state index is 12.0. The Hall–Kier alpha value is -1.64. The molecule has 3 nitrogen and oxygen atoms in total. The van der Waals surface area contributed by atoms with Gasteiger partial charge in [0.15, 0.2) is 12.4 Å². The minimum atomic E-state index is -0.242. The molecule has 2 rings (SSSR count). The molecule has 0 bridgehead atoms. The molecular formula is C17H22O3. The van der Waals surface area contributed by atoms with Crippen LogP contribution in [0.4, 0.5) is 0 Å². The fourth-order valence-corrected chi connectivity index (χ4v) is 2.65. The highest BCUT2D eigenvalue weighted by molar-refractivity contribution is 5.98. The van der Waals surface area contributed by atoms with E-state index in [2.05, 4.69) is 0 Å². The highest BCUT2D eigenvalue weighted by atomic mass is 16.5. The zero-order valence-electron chi connectivity index (χ0n) is 12.3. The third-order valence-electron chi connectivity index (χ3n) is 4.12. The van der Waals surface area contributed by atoms with Gasteiger partial charge in [0.1, 0.15) is 0 Å². The number of Topliss-reactive ketones (excluding diaryl/α,β-unsaturated/α-hetero) is 1. The minimum absolute atomic E-state index is 0.132. The number of ether oxygens (including phenoxy) is 1. The van der Waals surface area contributed by atoms with Crippen molar-refractivity contribution in [2.75, 3.05) is 6.61 Å². The summed E-state index contributed by atoms with van der Waals surface area (Å²) in [6, 6.07) is 5.56. The van der Waals surface area contributed by atoms with E-state index in [-0.39, 0.29) is 18.4 Å². The van der Waals surface area contributed by atoms with E-state index in [9.17, 15) is 9.59 Å². The van der Waals surface area contributed by atoms with Crippen molar-refractivity contribution >= 4 is 11.8 Å². The van der Waals surface area contributed by atoms with E-state index in [1.54, 1.807) is 6.07 Å². The smallest absolute Gasteiger partial charge is 0.306 e. The van der Waals surface area contributed by atoms with Crippen molar-refractivity contribution in [3.05, 3.63) is 34.9 Å². The van der Waals surface area contributed by atoms with Crippen LogP contribution < -0.4 is 0 Å². The molecule has 1 aromatic carbocycles. The van der Waals surface area contributed by atoms with E-state index in [0.717, 1.165) is 24.0 Å². The van der Waals surface area contributed by atoms with Gasteiger partial charge in [-0.15, -0.1) is 0 Å². The van der Waals surface area contributed by atoms with Crippen molar-refractivity contribution in [1.82, 2.24) is 0 Å². The normalized spacial score (nSPS) is 15.3. The molecule has 0 aromatic heterocycles. The summed E-state index contributed by atoms with van der Waals surface area (Å²) in [6.45, 7) is 3.83. The van der Waals surface area contributed by atoms with Crippen molar-refractivity contribution in [1.29, 1.82) is 0 Å². The number of aryl methyl sites for hydroxylation is 2. The average molecular weight is 274 g/mol. The molecule has 0 atom stereocenters. The van der Waals surface area contributed by atoms with Crippen LogP contribution in [0.1, 0.15) is 53.6 Å². The molecule has 0 unspecified atom stereocenters. The first-order valence-corrected chi connectivity index (χ1v) is 7.32. The lowest BCUT2D eigenvalue weighted by Gasteiger charge is -2.09. The predicted octanol–water partition coefficient (Wildman–Crippen LogP) is 3.61. The van der Waals surface area contributed by atoms with Crippen LogP contribution in [0.25, 0.3) is 0 Å². The second-order valence-electron chi connectivity index (χ2n) is 5.74. The molecule has 0 N–H and O–H groups in total. The summed E-state index contributed by atoms with van der Waals surface area (Å²) < 4.78 is 5.10. The predicted molar refractivity (Wildman–Crippen MR) is 77.8 cm³/mol.